The number of nitrogens with zero attached hydrogens (tertiary/aromatic N) is 2. The molecule has 0 bridgehead atoms. The van der Waals surface area contributed by atoms with Gasteiger partial charge in [-0.3, -0.25) is 10.1 Å². The van der Waals surface area contributed by atoms with Crippen LogP contribution in [0.1, 0.15) is 12.6 Å². The van der Waals surface area contributed by atoms with Gasteiger partial charge in [0, 0.05) is 11.8 Å². The highest BCUT2D eigenvalue weighted by Crippen LogP contribution is 2.31. The van der Waals surface area contributed by atoms with Gasteiger partial charge in [0.05, 0.1) is 29.0 Å². The fourth-order valence-electron chi connectivity index (χ4n) is 2.16. The fourth-order valence-corrected chi connectivity index (χ4v) is 2.16. The SMILES string of the molecule is CCc1n[nH]c(-c2ccccc2)c1Nc1cccnc1. The second-order valence-electron chi connectivity index (χ2n) is 4.51. The summed E-state index contributed by atoms with van der Waals surface area (Å²) in [5, 5.41) is 10.9. The minimum absolute atomic E-state index is 0.867. The topological polar surface area (TPSA) is 53.6 Å². The van der Waals surface area contributed by atoms with E-state index >= 15 is 0 Å². The van der Waals surface area contributed by atoms with Crippen molar-refractivity contribution in [3.63, 3.8) is 0 Å². The van der Waals surface area contributed by atoms with Gasteiger partial charge in [-0.05, 0) is 18.6 Å². The fraction of sp³-hybridized carbons (Fsp3) is 0.125. The molecule has 2 heterocycles. The van der Waals surface area contributed by atoms with E-state index in [0.29, 0.717) is 0 Å². The molecule has 1 aromatic carbocycles. The van der Waals surface area contributed by atoms with Crippen LogP contribution in [0.2, 0.25) is 0 Å². The lowest BCUT2D eigenvalue weighted by Crippen LogP contribution is -1.95. The standard InChI is InChI=1S/C16H16N4/c1-2-14-16(18-13-9-6-10-17-11-13)15(20-19-14)12-7-4-3-5-8-12/h3-11,18H,2H2,1H3,(H,19,20). The minimum atomic E-state index is 0.867. The summed E-state index contributed by atoms with van der Waals surface area (Å²) in [6.45, 7) is 2.10. The van der Waals surface area contributed by atoms with Gasteiger partial charge >= 0.3 is 0 Å². The summed E-state index contributed by atoms with van der Waals surface area (Å²) in [6, 6.07) is 14.1. The van der Waals surface area contributed by atoms with Gasteiger partial charge < -0.3 is 5.32 Å². The zero-order valence-corrected chi connectivity index (χ0v) is 11.3. The first kappa shape index (κ1) is 12.4. The quantitative estimate of drug-likeness (QED) is 0.754. The number of nitrogens with one attached hydrogen (secondary N) is 2. The molecular formula is C16H16N4. The van der Waals surface area contributed by atoms with Crippen LogP contribution < -0.4 is 5.32 Å². The molecule has 2 aromatic heterocycles. The van der Waals surface area contributed by atoms with E-state index in [0.717, 1.165) is 34.7 Å². The smallest absolute Gasteiger partial charge is 0.0888 e. The van der Waals surface area contributed by atoms with Crippen molar-refractivity contribution in [3.8, 4) is 11.3 Å². The number of anilines is 2. The lowest BCUT2D eigenvalue weighted by molar-refractivity contribution is 0.977. The maximum atomic E-state index is 4.40. The summed E-state index contributed by atoms with van der Waals surface area (Å²) in [5.74, 6) is 0. The zero-order chi connectivity index (χ0) is 13.8. The molecule has 0 atom stereocenters. The molecule has 3 rings (SSSR count). The number of pyridine rings is 1. The van der Waals surface area contributed by atoms with Gasteiger partial charge in [-0.25, -0.2) is 0 Å². The van der Waals surface area contributed by atoms with Crippen molar-refractivity contribution in [3.05, 3.63) is 60.6 Å². The molecule has 100 valence electrons. The van der Waals surface area contributed by atoms with E-state index in [1.807, 2.05) is 30.3 Å². The third-order valence-corrected chi connectivity index (χ3v) is 3.17. The maximum absolute atomic E-state index is 4.40. The zero-order valence-electron chi connectivity index (χ0n) is 11.3. The molecule has 0 fully saturated rings. The van der Waals surface area contributed by atoms with Gasteiger partial charge in [0.15, 0.2) is 0 Å². The minimum Gasteiger partial charge on any atom is -0.351 e. The Labute approximate surface area is 117 Å². The third-order valence-electron chi connectivity index (χ3n) is 3.17. The van der Waals surface area contributed by atoms with Crippen molar-refractivity contribution in [1.82, 2.24) is 15.2 Å². The molecule has 0 aliphatic carbocycles. The summed E-state index contributed by atoms with van der Waals surface area (Å²) >= 11 is 0. The summed E-state index contributed by atoms with van der Waals surface area (Å²) in [6.07, 6.45) is 4.44. The molecule has 0 unspecified atom stereocenters. The lowest BCUT2D eigenvalue weighted by Gasteiger charge is -2.08. The Balaban J connectivity index is 2.02. The Kier molecular flexibility index (Phi) is 3.46. The van der Waals surface area contributed by atoms with Crippen molar-refractivity contribution < 1.29 is 0 Å². The van der Waals surface area contributed by atoms with E-state index < -0.39 is 0 Å². The van der Waals surface area contributed by atoms with E-state index in [1.54, 1.807) is 12.4 Å². The van der Waals surface area contributed by atoms with Crippen LogP contribution in [0.3, 0.4) is 0 Å². The largest absolute Gasteiger partial charge is 0.351 e. The second kappa shape index (κ2) is 5.57. The number of hydrogen-bond donors (Lipinski definition) is 2. The third kappa shape index (κ3) is 2.40. The summed E-state index contributed by atoms with van der Waals surface area (Å²) in [7, 11) is 0. The molecule has 0 spiro atoms. The van der Waals surface area contributed by atoms with Crippen molar-refractivity contribution in [2.24, 2.45) is 0 Å². The summed E-state index contributed by atoms with van der Waals surface area (Å²) < 4.78 is 0. The Morgan fingerprint density at radius 3 is 2.65 bits per heavy atom. The van der Waals surface area contributed by atoms with E-state index in [1.165, 1.54) is 0 Å². The molecule has 4 nitrogen and oxygen atoms in total. The highest BCUT2D eigenvalue weighted by Gasteiger charge is 2.13. The molecule has 0 saturated heterocycles. The molecule has 4 heteroatoms. The van der Waals surface area contributed by atoms with Crippen LogP contribution >= 0.6 is 0 Å². The highest BCUT2D eigenvalue weighted by molar-refractivity contribution is 5.79. The predicted molar refractivity (Wildman–Crippen MR) is 80.9 cm³/mol. The molecule has 0 aliphatic heterocycles. The lowest BCUT2D eigenvalue weighted by atomic mass is 10.1. The van der Waals surface area contributed by atoms with Gasteiger partial charge in [-0.2, -0.15) is 5.10 Å². The van der Waals surface area contributed by atoms with Crippen molar-refractivity contribution >= 4 is 11.4 Å². The monoisotopic (exact) mass is 264 g/mol. The van der Waals surface area contributed by atoms with E-state index in [2.05, 4.69) is 39.6 Å². The van der Waals surface area contributed by atoms with Crippen LogP contribution in [0, 0.1) is 0 Å². The predicted octanol–water partition coefficient (Wildman–Crippen LogP) is 3.78. The average Bonchev–Trinajstić information content (AvgIpc) is 2.92. The van der Waals surface area contributed by atoms with Gasteiger partial charge in [0.1, 0.15) is 0 Å². The number of hydrogen-bond acceptors (Lipinski definition) is 3. The number of H-pyrrole nitrogens is 1. The Morgan fingerprint density at radius 2 is 1.95 bits per heavy atom. The highest BCUT2D eigenvalue weighted by atomic mass is 15.2. The normalized spacial score (nSPS) is 10.4. The van der Waals surface area contributed by atoms with E-state index in [-0.39, 0.29) is 0 Å². The average molecular weight is 264 g/mol. The van der Waals surface area contributed by atoms with Crippen LogP contribution in [0.4, 0.5) is 11.4 Å². The first-order valence-electron chi connectivity index (χ1n) is 6.68. The summed E-state index contributed by atoms with van der Waals surface area (Å²) in [4.78, 5) is 4.13. The molecule has 3 aromatic rings. The number of aryl methyl sites for hydroxylation is 1. The van der Waals surface area contributed by atoms with Crippen LogP contribution in [-0.4, -0.2) is 15.2 Å². The molecule has 0 aliphatic rings. The molecule has 0 amide bonds. The van der Waals surface area contributed by atoms with Gasteiger partial charge in [0.2, 0.25) is 0 Å². The van der Waals surface area contributed by atoms with E-state index in [9.17, 15) is 0 Å². The van der Waals surface area contributed by atoms with Crippen molar-refractivity contribution in [2.75, 3.05) is 5.32 Å². The number of rotatable bonds is 4. The number of benzene rings is 1. The first-order valence-corrected chi connectivity index (χ1v) is 6.68. The Morgan fingerprint density at radius 1 is 1.10 bits per heavy atom. The number of aromatic amines is 1. The van der Waals surface area contributed by atoms with Crippen LogP contribution in [0.5, 0.6) is 0 Å². The molecular weight excluding hydrogens is 248 g/mol. The summed E-state index contributed by atoms with van der Waals surface area (Å²) in [5.41, 5.74) is 5.12. The van der Waals surface area contributed by atoms with Crippen LogP contribution in [0.25, 0.3) is 11.3 Å². The molecule has 20 heavy (non-hydrogen) atoms. The van der Waals surface area contributed by atoms with Gasteiger partial charge in [0.25, 0.3) is 0 Å². The van der Waals surface area contributed by atoms with Crippen LogP contribution in [-0.2, 0) is 6.42 Å². The number of aromatic nitrogens is 3. The van der Waals surface area contributed by atoms with Gasteiger partial charge in [-0.1, -0.05) is 37.3 Å². The van der Waals surface area contributed by atoms with Crippen molar-refractivity contribution in [2.45, 2.75) is 13.3 Å². The molecule has 0 radical (unpaired) electrons. The second-order valence-corrected chi connectivity index (χ2v) is 4.51. The van der Waals surface area contributed by atoms with Gasteiger partial charge in [-0.15, -0.1) is 0 Å². The molecule has 0 saturated carbocycles. The maximum Gasteiger partial charge on any atom is 0.0888 e. The first-order chi connectivity index (χ1) is 9.88. The Bertz CT molecular complexity index is 674. The van der Waals surface area contributed by atoms with Crippen LogP contribution in [0.15, 0.2) is 54.9 Å². The molecule has 2 N–H and O–H groups in total. The Hall–Kier alpha value is -2.62. The van der Waals surface area contributed by atoms with E-state index in [4.69, 9.17) is 0 Å². The van der Waals surface area contributed by atoms with Crippen molar-refractivity contribution in [1.29, 1.82) is 0 Å².